The van der Waals surface area contributed by atoms with E-state index in [0.717, 1.165) is 12.3 Å². The number of nitrogens with zero attached hydrogens (tertiary/aromatic N) is 1. The van der Waals surface area contributed by atoms with Crippen LogP contribution in [0.25, 0.3) is 0 Å². The lowest BCUT2D eigenvalue weighted by Crippen LogP contribution is -2.44. The number of carbonyl (C=O) groups is 2. The van der Waals surface area contributed by atoms with Crippen LogP contribution in [0.4, 0.5) is 13.2 Å². The Labute approximate surface area is 187 Å². The monoisotopic (exact) mass is 467 g/mol. The van der Waals surface area contributed by atoms with E-state index in [1.54, 1.807) is 0 Å². The van der Waals surface area contributed by atoms with Crippen molar-refractivity contribution in [3.8, 4) is 5.75 Å². The van der Waals surface area contributed by atoms with E-state index >= 15 is 0 Å². The van der Waals surface area contributed by atoms with Crippen LogP contribution in [0.15, 0.2) is 36.5 Å². The quantitative estimate of drug-likeness (QED) is 0.619. The molecule has 1 heterocycles. The number of nitrogens with one attached hydrogen (secondary N) is 2. The molecule has 3 aliphatic rings. The molecule has 1 aromatic carbocycles. The molecule has 0 unspecified atom stereocenters. The summed E-state index contributed by atoms with van der Waals surface area (Å²) in [5, 5.41) is 5.68. The topological polar surface area (TPSA) is 80.3 Å². The van der Waals surface area contributed by atoms with Crippen LogP contribution < -0.4 is 15.4 Å². The summed E-state index contributed by atoms with van der Waals surface area (Å²) >= 11 is 5.62. The van der Waals surface area contributed by atoms with Gasteiger partial charge in [-0.2, -0.15) is 0 Å². The average molecular weight is 468 g/mol. The van der Waals surface area contributed by atoms with Gasteiger partial charge in [-0.05, 0) is 49.4 Å². The summed E-state index contributed by atoms with van der Waals surface area (Å²) in [6, 6.07) is 6.55. The van der Waals surface area contributed by atoms with Crippen LogP contribution in [-0.2, 0) is 16.1 Å². The molecule has 0 radical (unpaired) electrons. The van der Waals surface area contributed by atoms with Crippen LogP contribution in [0.3, 0.4) is 0 Å². The maximum atomic E-state index is 13.4. The minimum Gasteiger partial charge on any atom is -0.484 e. The molecule has 170 valence electrons. The first-order valence-electron chi connectivity index (χ1n) is 10.1. The summed E-state index contributed by atoms with van der Waals surface area (Å²) in [5.41, 5.74) is -0.209. The van der Waals surface area contributed by atoms with Gasteiger partial charge in [0.05, 0.1) is 22.7 Å². The Morgan fingerprint density at radius 3 is 2.66 bits per heavy atom. The van der Waals surface area contributed by atoms with Gasteiger partial charge in [-0.3, -0.25) is 14.6 Å². The van der Waals surface area contributed by atoms with E-state index in [2.05, 4.69) is 15.6 Å². The fourth-order valence-electron chi connectivity index (χ4n) is 4.42. The first-order chi connectivity index (χ1) is 15.3. The van der Waals surface area contributed by atoms with Crippen molar-refractivity contribution in [2.24, 2.45) is 11.3 Å². The normalized spacial score (nSPS) is 23.5. The molecule has 1 atom stereocenters. The zero-order valence-corrected chi connectivity index (χ0v) is 17.7. The second-order valence-electron chi connectivity index (χ2n) is 8.26. The van der Waals surface area contributed by atoms with Crippen molar-refractivity contribution in [3.05, 3.63) is 58.6 Å². The van der Waals surface area contributed by atoms with Gasteiger partial charge in [-0.1, -0.05) is 11.6 Å². The highest BCUT2D eigenvalue weighted by molar-refractivity contribution is 6.30. The number of benzene rings is 1. The van der Waals surface area contributed by atoms with Crippen LogP contribution in [0, 0.1) is 17.2 Å². The molecule has 2 aromatic rings. The molecule has 2 amide bonds. The number of pyridine rings is 1. The molecule has 2 bridgehead atoms. The molecule has 3 aliphatic carbocycles. The van der Waals surface area contributed by atoms with Gasteiger partial charge in [0.2, 0.25) is 5.91 Å². The number of halogens is 4. The molecule has 5 rings (SSSR count). The van der Waals surface area contributed by atoms with Gasteiger partial charge in [-0.25, -0.2) is 13.2 Å². The van der Waals surface area contributed by atoms with Gasteiger partial charge in [0.25, 0.3) is 12.3 Å². The molecular formula is C22H21ClF3N3O3. The molecule has 0 aliphatic heterocycles. The summed E-state index contributed by atoms with van der Waals surface area (Å²) in [4.78, 5) is 28.9. The van der Waals surface area contributed by atoms with E-state index in [-0.39, 0.29) is 53.3 Å². The van der Waals surface area contributed by atoms with Crippen molar-refractivity contribution in [1.29, 1.82) is 0 Å². The molecule has 32 heavy (non-hydrogen) atoms. The van der Waals surface area contributed by atoms with Crippen LogP contribution in [0.2, 0.25) is 5.02 Å². The van der Waals surface area contributed by atoms with E-state index in [1.165, 1.54) is 24.3 Å². The van der Waals surface area contributed by atoms with Gasteiger partial charge in [0.15, 0.2) is 6.61 Å². The number of hydrogen-bond acceptors (Lipinski definition) is 4. The van der Waals surface area contributed by atoms with Gasteiger partial charge in [-0.15, -0.1) is 0 Å². The molecule has 1 aromatic heterocycles. The van der Waals surface area contributed by atoms with Crippen molar-refractivity contribution < 1.29 is 27.5 Å². The molecular weight excluding hydrogens is 447 g/mol. The number of hydrogen-bond donors (Lipinski definition) is 2. The second kappa shape index (κ2) is 8.97. The van der Waals surface area contributed by atoms with Crippen LogP contribution >= 0.6 is 11.6 Å². The standard InChI is InChI=1S/C22H21ClF3N3O3/c23-16-4-3-15(5-17(16)24)32-11-19(30)29-18-8-22(6-13(18)7-22)21(31)28-10-14-2-1-12(9-27-14)20(25)26/h1-5,9,13,18,20H,6-8,10-11H2,(H,28,31)(H,29,30)/t13?,18-,22?/m0/s1. The molecule has 6 nitrogen and oxygen atoms in total. The van der Waals surface area contributed by atoms with Crippen LogP contribution in [0.1, 0.15) is 36.9 Å². The average Bonchev–Trinajstić information content (AvgIpc) is 3.28. The predicted molar refractivity (Wildman–Crippen MR) is 110 cm³/mol. The zero-order chi connectivity index (χ0) is 22.9. The van der Waals surface area contributed by atoms with E-state index in [4.69, 9.17) is 16.3 Å². The fraction of sp³-hybridized carbons (Fsp3) is 0.409. The molecule has 0 spiro atoms. The molecule has 3 saturated carbocycles. The summed E-state index contributed by atoms with van der Waals surface area (Å²) in [6.07, 6.45) is 0.379. The van der Waals surface area contributed by atoms with E-state index < -0.39 is 17.7 Å². The van der Waals surface area contributed by atoms with Crippen molar-refractivity contribution in [2.75, 3.05) is 6.61 Å². The van der Waals surface area contributed by atoms with Crippen LogP contribution in [-0.4, -0.2) is 29.4 Å². The zero-order valence-electron chi connectivity index (χ0n) is 16.9. The van der Waals surface area contributed by atoms with E-state index in [0.29, 0.717) is 25.0 Å². The minimum absolute atomic E-state index is 0.0305. The van der Waals surface area contributed by atoms with Gasteiger partial charge in [0, 0.05) is 23.9 Å². The number of fused-ring (bicyclic) bond motifs is 1. The van der Waals surface area contributed by atoms with Crippen molar-refractivity contribution in [1.82, 2.24) is 15.6 Å². The summed E-state index contributed by atoms with van der Waals surface area (Å²) in [7, 11) is 0. The first-order valence-corrected chi connectivity index (χ1v) is 10.5. The number of alkyl halides is 2. The first kappa shape index (κ1) is 22.4. The number of ether oxygens (including phenoxy) is 1. The Kier molecular flexibility index (Phi) is 6.28. The summed E-state index contributed by atoms with van der Waals surface area (Å²) in [5.74, 6) is -0.700. The fourth-order valence-corrected chi connectivity index (χ4v) is 4.54. The highest BCUT2D eigenvalue weighted by Crippen LogP contribution is 2.58. The van der Waals surface area contributed by atoms with Crippen LogP contribution in [0.5, 0.6) is 5.75 Å². The predicted octanol–water partition coefficient (Wildman–Crippen LogP) is 3.79. The van der Waals surface area contributed by atoms with Gasteiger partial charge in [0.1, 0.15) is 11.6 Å². The third kappa shape index (κ3) is 4.67. The van der Waals surface area contributed by atoms with Gasteiger partial charge >= 0.3 is 0 Å². The van der Waals surface area contributed by atoms with E-state index in [9.17, 15) is 22.8 Å². The van der Waals surface area contributed by atoms with Crippen molar-refractivity contribution in [3.63, 3.8) is 0 Å². The molecule has 0 saturated heterocycles. The highest BCUT2D eigenvalue weighted by Gasteiger charge is 2.60. The Morgan fingerprint density at radius 1 is 1.22 bits per heavy atom. The SMILES string of the molecule is O=C(COc1ccc(Cl)c(F)c1)N[C@H]1CC2(C(=O)NCc3ccc(C(F)F)cn3)CC1C2. The highest BCUT2D eigenvalue weighted by atomic mass is 35.5. The lowest BCUT2D eigenvalue weighted by Gasteiger charge is -2.36. The van der Waals surface area contributed by atoms with E-state index in [1.807, 2.05) is 0 Å². The van der Waals surface area contributed by atoms with Crippen molar-refractivity contribution >= 4 is 23.4 Å². The Hall–Kier alpha value is -2.81. The number of rotatable bonds is 8. The second-order valence-corrected chi connectivity index (χ2v) is 8.66. The molecule has 3 fully saturated rings. The lowest BCUT2D eigenvalue weighted by molar-refractivity contribution is -0.135. The smallest absolute Gasteiger partial charge is 0.265 e. The summed E-state index contributed by atoms with van der Waals surface area (Å²) in [6.45, 7) is -0.124. The number of amides is 2. The maximum Gasteiger partial charge on any atom is 0.265 e. The number of carbonyl (C=O) groups excluding carboxylic acids is 2. The Balaban J connectivity index is 1.23. The van der Waals surface area contributed by atoms with Gasteiger partial charge < -0.3 is 15.4 Å². The molecule has 10 heteroatoms. The van der Waals surface area contributed by atoms with Crippen molar-refractivity contribution in [2.45, 2.75) is 38.3 Å². The number of aromatic nitrogens is 1. The third-order valence-corrected chi connectivity index (χ3v) is 6.41. The third-order valence-electron chi connectivity index (χ3n) is 6.10. The maximum absolute atomic E-state index is 13.4. The Morgan fingerprint density at radius 2 is 2.00 bits per heavy atom. The lowest BCUT2D eigenvalue weighted by atomic mass is 9.69. The Bertz CT molecular complexity index is 1010. The summed E-state index contributed by atoms with van der Waals surface area (Å²) < 4.78 is 43.9. The minimum atomic E-state index is -2.58. The molecule has 2 N–H and O–H groups in total. The largest absolute Gasteiger partial charge is 0.484 e.